The average Bonchev–Trinajstić information content (AvgIpc) is 2.40. The van der Waals surface area contributed by atoms with Gasteiger partial charge in [-0.15, -0.1) is 0 Å². The Morgan fingerprint density at radius 2 is 1.94 bits per heavy atom. The van der Waals surface area contributed by atoms with Gasteiger partial charge < -0.3 is 10.1 Å². The maximum absolute atomic E-state index is 12.8. The summed E-state index contributed by atoms with van der Waals surface area (Å²) in [4.78, 5) is 0. The van der Waals surface area contributed by atoms with Gasteiger partial charge in [0.15, 0.2) is 0 Å². The van der Waals surface area contributed by atoms with Gasteiger partial charge in [0.1, 0.15) is 5.82 Å². The number of ether oxygens (including phenoxy) is 1. The Kier molecular flexibility index (Phi) is 3.79. The largest absolute Gasteiger partial charge is 0.370 e. The lowest BCUT2D eigenvalue weighted by molar-refractivity contribution is -0.0374. The number of morpholine rings is 1. The maximum Gasteiger partial charge on any atom is 0.123 e. The molecular weight excluding hydrogens is 217 g/mol. The average molecular weight is 237 g/mol. The van der Waals surface area contributed by atoms with Crippen LogP contribution in [0.25, 0.3) is 0 Å². The number of hydrogen-bond acceptors (Lipinski definition) is 2. The van der Waals surface area contributed by atoms with Gasteiger partial charge in [0, 0.05) is 12.1 Å². The summed E-state index contributed by atoms with van der Waals surface area (Å²) in [6, 6.07) is 6.57. The normalized spacial score (nSPS) is 23.6. The van der Waals surface area contributed by atoms with Crippen LogP contribution in [0.3, 0.4) is 0 Å². The number of nitrogens with one attached hydrogen (secondary N) is 1. The summed E-state index contributed by atoms with van der Waals surface area (Å²) < 4.78 is 18.7. The van der Waals surface area contributed by atoms with Gasteiger partial charge in [0.2, 0.25) is 0 Å². The summed E-state index contributed by atoms with van der Waals surface area (Å²) in [7, 11) is 0. The van der Waals surface area contributed by atoms with Crippen LogP contribution < -0.4 is 5.32 Å². The molecule has 17 heavy (non-hydrogen) atoms. The van der Waals surface area contributed by atoms with Crippen molar-refractivity contribution >= 4 is 0 Å². The first-order valence-corrected chi connectivity index (χ1v) is 6.31. The van der Waals surface area contributed by atoms with Crippen molar-refractivity contribution in [3.63, 3.8) is 0 Å². The van der Waals surface area contributed by atoms with E-state index in [9.17, 15) is 4.39 Å². The van der Waals surface area contributed by atoms with E-state index < -0.39 is 0 Å². The summed E-state index contributed by atoms with van der Waals surface area (Å²) in [5.41, 5.74) is 1.16. The van der Waals surface area contributed by atoms with Gasteiger partial charge in [-0.25, -0.2) is 4.39 Å². The molecule has 1 aliphatic rings. The van der Waals surface area contributed by atoms with E-state index in [4.69, 9.17) is 4.74 Å². The molecule has 0 aliphatic carbocycles. The number of hydrogen-bond donors (Lipinski definition) is 1. The molecule has 94 valence electrons. The first-order valence-electron chi connectivity index (χ1n) is 6.31. The predicted octanol–water partition coefficient (Wildman–Crippen LogP) is 3.05. The molecule has 1 saturated heterocycles. The molecule has 1 N–H and O–H groups in total. The monoisotopic (exact) mass is 237 g/mol. The molecule has 0 aromatic heterocycles. The fraction of sp³-hybridized carbons (Fsp3) is 0.571. The van der Waals surface area contributed by atoms with E-state index in [0.29, 0.717) is 0 Å². The molecule has 3 heteroatoms. The van der Waals surface area contributed by atoms with Crippen molar-refractivity contribution in [1.29, 1.82) is 0 Å². The zero-order valence-corrected chi connectivity index (χ0v) is 10.5. The van der Waals surface area contributed by atoms with E-state index in [1.165, 1.54) is 12.1 Å². The SMILES string of the molecule is CCC1(CC)COC(c2ccc(F)cc2)CN1. The van der Waals surface area contributed by atoms with Gasteiger partial charge in [-0.2, -0.15) is 0 Å². The lowest BCUT2D eigenvalue weighted by Gasteiger charge is -2.40. The molecule has 1 unspecified atom stereocenters. The third-order valence-corrected chi connectivity index (χ3v) is 3.82. The lowest BCUT2D eigenvalue weighted by atomic mass is 9.91. The van der Waals surface area contributed by atoms with E-state index in [0.717, 1.165) is 31.6 Å². The van der Waals surface area contributed by atoms with Crippen LogP contribution in [0.15, 0.2) is 24.3 Å². The third kappa shape index (κ3) is 2.67. The quantitative estimate of drug-likeness (QED) is 0.872. The zero-order chi connectivity index (χ0) is 12.3. The van der Waals surface area contributed by atoms with E-state index >= 15 is 0 Å². The minimum Gasteiger partial charge on any atom is -0.370 e. The Bertz CT molecular complexity index is 349. The Balaban J connectivity index is 2.01. The van der Waals surface area contributed by atoms with Crippen LogP contribution in [-0.2, 0) is 4.74 Å². The highest BCUT2D eigenvalue weighted by Crippen LogP contribution is 2.27. The predicted molar refractivity (Wildman–Crippen MR) is 66.4 cm³/mol. The molecule has 1 aliphatic heterocycles. The van der Waals surface area contributed by atoms with E-state index in [1.807, 2.05) is 0 Å². The summed E-state index contributed by atoms with van der Waals surface area (Å²) in [6.07, 6.45) is 2.18. The lowest BCUT2D eigenvalue weighted by Crippen LogP contribution is -2.54. The molecule has 1 fully saturated rings. The molecule has 0 saturated carbocycles. The van der Waals surface area contributed by atoms with Crippen LogP contribution in [0.4, 0.5) is 4.39 Å². The summed E-state index contributed by atoms with van der Waals surface area (Å²) in [6.45, 7) is 5.88. The van der Waals surface area contributed by atoms with Gasteiger partial charge in [0.25, 0.3) is 0 Å². The van der Waals surface area contributed by atoms with Crippen molar-refractivity contribution < 1.29 is 9.13 Å². The van der Waals surface area contributed by atoms with Crippen LogP contribution in [0.5, 0.6) is 0 Å². The molecule has 2 nitrogen and oxygen atoms in total. The van der Waals surface area contributed by atoms with Crippen molar-refractivity contribution in [1.82, 2.24) is 5.32 Å². The fourth-order valence-corrected chi connectivity index (χ4v) is 2.27. The van der Waals surface area contributed by atoms with Gasteiger partial charge in [-0.3, -0.25) is 0 Å². The Morgan fingerprint density at radius 3 is 2.41 bits per heavy atom. The first-order chi connectivity index (χ1) is 8.19. The number of halogens is 1. The van der Waals surface area contributed by atoms with Gasteiger partial charge in [-0.1, -0.05) is 26.0 Å². The molecular formula is C14H20FNO. The highest BCUT2D eigenvalue weighted by atomic mass is 19.1. The highest BCUT2D eigenvalue weighted by molar-refractivity contribution is 5.19. The Labute approximate surface area is 102 Å². The highest BCUT2D eigenvalue weighted by Gasteiger charge is 2.32. The minimum atomic E-state index is -0.200. The van der Waals surface area contributed by atoms with E-state index in [-0.39, 0.29) is 17.5 Å². The van der Waals surface area contributed by atoms with Crippen molar-refractivity contribution in [2.75, 3.05) is 13.2 Å². The third-order valence-electron chi connectivity index (χ3n) is 3.82. The smallest absolute Gasteiger partial charge is 0.123 e. The van der Waals surface area contributed by atoms with Crippen LogP contribution >= 0.6 is 0 Å². The number of rotatable bonds is 3. The first kappa shape index (κ1) is 12.5. The standard InChI is InChI=1S/C14H20FNO/c1-3-14(4-2)10-17-13(9-16-14)11-5-7-12(15)8-6-11/h5-8,13,16H,3-4,9-10H2,1-2H3. The molecule has 1 heterocycles. The van der Waals surface area contributed by atoms with Gasteiger partial charge in [0.05, 0.1) is 12.7 Å². The second kappa shape index (κ2) is 5.15. The number of benzene rings is 1. The van der Waals surface area contributed by atoms with Crippen LogP contribution in [0.1, 0.15) is 38.4 Å². The zero-order valence-electron chi connectivity index (χ0n) is 10.5. The summed E-state index contributed by atoms with van der Waals surface area (Å²) in [5, 5.41) is 3.58. The van der Waals surface area contributed by atoms with Gasteiger partial charge >= 0.3 is 0 Å². The van der Waals surface area contributed by atoms with Crippen molar-refractivity contribution in [2.24, 2.45) is 0 Å². The molecule has 2 rings (SSSR count). The Hall–Kier alpha value is -0.930. The van der Waals surface area contributed by atoms with E-state index in [2.05, 4.69) is 19.2 Å². The second-order valence-corrected chi connectivity index (χ2v) is 4.72. The maximum atomic E-state index is 12.8. The van der Waals surface area contributed by atoms with Crippen LogP contribution in [-0.4, -0.2) is 18.7 Å². The Morgan fingerprint density at radius 1 is 1.29 bits per heavy atom. The molecule has 0 radical (unpaired) electrons. The molecule has 0 spiro atoms. The fourth-order valence-electron chi connectivity index (χ4n) is 2.27. The molecule has 0 bridgehead atoms. The topological polar surface area (TPSA) is 21.3 Å². The van der Waals surface area contributed by atoms with Crippen LogP contribution in [0.2, 0.25) is 0 Å². The summed E-state index contributed by atoms with van der Waals surface area (Å²) in [5.74, 6) is -0.200. The minimum absolute atomic E-state index is 0.0434. The van der Waals surface area contributed by atoms with Crippen molar-refractivity contribution in [3.8, 4) is 0 Å². The van der Waals surface area contributed by atoms with Crippen LogP contribution in [0, 0.1) is 5.82 Å². The van der Waals surface area contributed by atoms with Gasteiger partial charge in [-0.05, 0) is 30.5 Å². The van der Waals surface area contributed by atoms with Crippen molar-refractivity contribution in [3.05, 3.63) is 35.6 Å². The molecule has 1 aromatic rings. The van der Waals surface area contributed by atoms with Crippen molar-refractivity contribution in [2.45, 2.75) is 38.3 Å². The molecule has 1 atom stereocenters. The molecule has 0 amide bonds. The second-order valence-electron chi connectivity index (χ2n) is 4.72. The summed E-state index contributed by atoms with van der Waals surface area (Å²) >= 11 is 0. The van der Waals surface area contributed by atoms with E-state index in [1.54, 1.807) is 12.1 Å². The molecule has 1 aromatic carbocycles.